The van der Waals surface area contributed by atoms with E-state index in [0.29, 0.717) is 12.8 Å². The van der Waals surface area contributed by atoms with Gasteiger partial charge in [-0.15, -0.1) is 0 Å². The van der Waals surface area contributed by atoms with Crippen molar-refractivity contribution >= 4 is 5.57 Å². The van der Waals surface area contributed by atoms with Crippen molar-refractivity contribution in [2.45, 2.75) is 103 Å². The fraction of sp³-hybridized carbons (Fsp3) is 0.571. The molecule has 2 rings (SSSR count). The van der Waals surface area contributed by atoms with Crippen LogP contribution in [0.5, 0.6) is 0 Å². The highest BCUT2D eigenvalue weighted by Crippen LogP contribution is 2.30. The summed E-state index contributed by atoms with van der Waals surface area (Å²) in [5.74, 6) is 0. The van der Waals surface area contributed by atoms with Gasteiger partial charge in [0.15, 0.2) is 0 Å². The Hall–Kier alpha value is -1.68. The molecule has 1 fully saturated rings. The minimum atomic E-state index is -0.651. The van der Waals surface area contributed by atoms with Gasteiger partial charge in [-0.3, -0.25) is 0 Å². The third-order valence-electron chi connectivity index (χ3n) is 6.10. The van der Waals surface area contributed by atoms with E-state index in [1.54, 1.807) is 0 Å². The smallest absolute Gasteiger partial charge is 0.0811 e. The SMILES string of the molecule is C=C1C(=CC=C(CCCC)c2cccc(CCCCCC(C)(C)O)c2)CC(O)CC1O. The number of allylic oxidation sites excluding steroid dienone is 3. The molecule has 0 bridgehead atoms. The first-order valence-corrected chi connectivity index (χ1v) is 12.0. The Morgan fingerprint density at radius 3 is 2.65 bits per heavy atom. The largest absolute Gasteiger partial charge is 0.393 e. The third-order valence-corrected chi connectivity index (χ3v) is 6.10. The minimum Gasteiger partial charge on any atom is -0.393 e. The Balaban J connectivity index is 2.09. The summed E-state index contributed by atoms with van der Waals surface area (Å²) < 4.78 is 0. The molecule has 3 N–H and O–H groups in total. The van der Waals surface area contributed by atoms with Gasteiger partial charge in [-0.25, -0.2) is 0 Å². The Labute approximate surface area is 189 Å². The molecule has 1 aliphatic carbocycles. The maximum atomic E-state index is 10.1. The molecule has 31 heavy (non-hydrogen) atoms. The van der Waals surface area contributed by atoms with Crippen molar-refractivity contribution in [3.63, 3.8) is 0 Å². The van der Waals surface area contributed by atoms with E-state index in [-0.39, 0.29) is 0 Å². The number of rotatable bonds is 11. The van der Waals surface area contributed by atoms with Gasteiger partial charge in [0.25, 0.3) is 0 Å². The summed E-state index contributed by atoms with van der Waals surface area (Å²) in [5, 5.41) is 30.0. The summed E-state index contributed by atoms with van der Waals surface area (Å²) in [5.41, 5.74) is 5.01. The van der Waals surface area contributed by atoms with Crippen molar-refractivity contribution in [2.24, 2.45) is 0 Å². The maximum absolute atomic E-state index is 10.1. The standard InChI is InChI=1S/C28H42O3/c1-5-6-13-23(15-16-24-19-26(29)20-27(30)21(24)2)25-14-10-12-22(18-25)11-8-7-9-17-28(3,4)31/h10,12,14-16,18,26-27,29-31H,2,5-9,11,13,17,19-20H2,1,3-4H3. The van der Waals surface area contributed by atoms with Crippen molar-refractivity contribution < 1.29 is 15.3 Å². The van der Waals surface area contributed by atoms with Gasteiger partial charge in [-0.05, 0) is 80.2 Å². The Morgan fingerprint density at radius 2 is 1.94 bits per heavy atom. The number of hydrogen-bond donors (Lipinski definition) is 3. The Morgan fingerprint density at radius 1 is 1.16 bits per heavy atom. The normalized spacial score (nSPS) is 21.7. The zero-order chi connectivity index (χ0) is 22.9. The van der Waals surface area contributed by atoms with Crippen LogP contribution < -0.4 is 0 Å². The van der Waals surface area contributed by atoms with Gasteiger partial charge in [0.05, 0.1) is 17.8 Å². The number of aliphatic hydroxyl groups excluding tert-OH is 2. The van der Waals surface area contributed by atoms with E-state index >= 15 is 0 Å². The molecule has 0 amide bonds. The van der Waals surface area contributed by atoms with E-state index in [2.05, 4.69) is 43.8 Å². The highest BCUT2D eigenvalue weighted by Gasteiger charge is 2.24. The molecule has 1 saturated carbocycles. The molecule has 0 radical (unpaired) electrons. The lowest BCUT2D eigenvalue weighted by atomic mass is 9.85. The lowest BCUT2D eigenvalue weighted by Crippen LogP contribution is -2.26. The van der Waals surface area contributed by atoms with Crippen LogP contribution in [0, 0.1) is 0 Å². The summed E-state index contributed by atoms with van der Waals surface area (Å²) in [6.07, 6.45) is 12.5. The van der Waals surface area contributed by atoms with Crippen LogP contribution in [0.4, 0.5) is 0 Å². The van der Waals surface area contributed by atoms with Gasteiger partial charge in [-0.1, -0.05) is 69.2 Å². The van der Waals surface area contributed by atoms with Crippen molar-refractivity contribution in [3.8, 4) is 0 Å². The average molecular weight is 427 g/mol. The topological polar surface area (TPSA) is 60.7 Å². The molecule has 0 saturated heterocycles. The number of benzene rings is 1. The Kier molecular flexibility index (Phi) is 10.2. The van der Waals surface area contributed by atoms with E-state index in [0.717, 1.165) is 62.5 Å². The number of aryl methyl sites for hydroxylation is 1. The molecule has 1 aromatic rings. The van der Waals surface area contributed by atoms with E-state index < -0.39 is 17.8 Å². The molecule has 3 heteroatoms. The maximum Gasteiger partial charge on any atom is 0.0811 e. The fourth-order valence-electron chi connectivity index (χ4n) is 4.14. The van der Waals surface area contributed by atoms with Crippen molar-refractivity contribution in [1.29, 1.82) is 0 Å². The van der Waals surface area contributed by atoms with Gasteiger partial charge in [0.2, 0.25) is 0 Å². The van der Waals surface area contributed by atoms with Crippen molar-refractivity contribution in [1.82, 2.24) is 0 Å². The summed E-state index contributed by atoms with van der Waals surface area (Å²) in [4.78, 5) is 0. The molecule has 1 aliphatic rings. The second-order valence-electron chi connectivity index (χ2n) is 9.70. The van der Waals surface area contributed by atoms with E-state index in [4.69, 9.17) is 0 Å². The predicted octanol–water partition coefficient (Wildman–Crippen LogP) is 6.13. The van der Waals surface area contributed by atoms with Crippen LogP contribution in [0.15, 0.2) is 54.1 Å². The third kappa shape index (κ3) is 9.14. The van der Waals surface area contributed by atoms with Gasteiger partial charge in [-0.2, -0.15) is 0 Å². The molecule has 172 valence electrons. The monoisotopic (exact) mass is 426 g/mol. The molecule has 0 aliphatic heterocycles. The highest BCUT2D eigenvalue weighted by atomic mass is 16.3. The van der Waals surface area contributed by atoms with Crippen LogP contribution in [0.2, 0.25) is 0 Å². The van der Waals surface area contributed by atoms with Crippen LogP contribution in [0.25, 0.3) is 5.57 Å². The lowest BCUT2D eigenvalue weighted by molar-refractivity contribution is 0.0680. The fourth-order valence-corrected chi connectivity index (χ4v) is 4.14. The first-order valence-electron chi connectivity index (χ1n) is 12.0. The van der Waals surface area contributed by atoms with Crippen molar-refractivity contribution in [2.75, 3.05) is 0 Å². The van der Waals surface area contributed by atoms with Crippen LogP contribution in [-0.4, -0.2) is 33.1 Å². The summed E-state index contributed by atoms with van der Waals surface area (Å²) in [6, 6.07) is 8.82. The van der Waals surface area contributed by atoms with E-state index in [1.807, 2.05) is 19.9 Å². The van der Waals surface area contributed by atoms with Crippen LogP contribution in [0.3, 0.4) is 0 Å². The van der Waals surface area contributed by atoms with Crippen molar-refractivity contribution in [3.05, 3.63) is 65.3 Å². The average Bonchev–Trinajstić information content (AvgIpc) is 2.70. The molecule has 0 aromatic heterocycles. The molecule has 2 unspecified atom stereocenters. The van der Waals surface area contributed by atoms with Crippen LogP contribution in [-0.2, 0) is 6.42 Å². The molecular weight excluding hydrogens is 384 g/mol. The van der Waals surface area contributed by atoms with Gasteiger partial charge in [0.1, 0.15) is 0 Å². The molecular formula is C28H42O3. The zero-order valence-corrected chi connectivity index (χ0v) is 19.7. The summed E-state index contributed by atoms with van der Waals surface area (Å²) >= 11 is 0. The molecule has 3 nitrogen and oxygen atoms in total. The van der Waals surface area contributed by atoms with Gasteiger partial charge >= 0.3 is 0 Å². The lowest BCUT2D eigenvalue weighted by Gasteiger charge is -2.26. The van der Waals surface area contributed by atoms with E-state index in [9.17, 15) is 15.3 Å². The first-order chi connectivity index (χ1) is 14.7. The highest BCUT2D eigenvalue weighted by molar-refractivity contribution is 5.68. The molecule has 1 aromatic carbocycles. The summed E-state index contributed by atoms with van der Waals surface area (Å²) in [6.45, 7) is 9.98. The van der Waals surface area contributed by atoms with Gasteiger partial charge in [0, 0.05) is 6.42 Å². The number of hydrogen-bond acceptors (Lipinski definition) is 3. The number of aliphatic hydroxyl groups is 3. The van der Waals surface area contributed by atoms with Gasteiger partial charge < -0.3 is 15.3 Å². The predicted molar refractivity (Wildman–Crippen MR) is 131 cm³/mol. The Bertz CT molecular complexity index is 767. The minimum absolute atomic E-state index is 0.375. The molecule has 2 atom stereocenters. The second kappa shape index (κ2) is 12.4. The quantitative estimate of drug-likeness (QED) is 0.373. The first kappa shape index (κ1) is 25.6. The van der Waals surface area contributed by atoms with E-state index in [1.165, 1.54) is 16.7 Å². The summed E-state index contributed by atoms with van der Waals surface area (Å²) in [7, 11) is 0. The van der Waals surface area contributed by atoms with Crippen LogP contribution in [0.1, 0.15) is 89.7 Å². The second-order valence-corrected chi connectivity index (χ2v) is 9.70. The number of unbranched alkanes of at least 4 members (excludes halogenated alkanes) is 3. The van der Waals surface area contributed by atoms with Crippen LogP contribution >= 0.6 is 0 Å². The molecule has 0 heterocycles. The zero-order valence-electron chi connectivity index (χ0n) is 19.7. The molecule has 0 spiro atoms.